The molecule has 2 aromatic carbocycles. The lowest BCUT2D eigenvalue weighted by molar-refractivity contribution is -0.132. The van der Waals surface area contributed by atoms with Crippen molar-refractivity contribution in [3.05, 3.63) is 70.1 Å². The lowest BCUT2D eigenvalue weighted by Gasteiger charge is -2.36. The molecule has 5 nitrogen and oxygen atoms in total. The van der Waals surface area contributed by atoms with Gasteiger partial charge >= 0.3 is 0 Å². The number of benzene rings is 2. The van der Waals surface area contributed by atoms with Gasteiger partial charge in [-0.1, -0.05) is 72.0 Å². The first-order valence-electron chi connectivity index (χ1n) is 10.6. The Balaban J connectivity index is 1.25. The van der Waals surface area contributed by atoms with Crippen LogP contribution in [0.5, 0.6) is 0 Å². The highest BCUT2D eigenvalue weighted by atomic mass is 35.5. The molecule has 0 aromatic heterocycles. The second-order valence-corrected chi connectivity index (χ2v) is 9.74. The SMILES string of the molecule is O=C(CCCN1C(=O)/C(=C\c2ccccc2Cl)SC1=S)N1CCN(c2ccccc2)CC1. The van der Waals surface area contributed by atoms with Crippen LogP contribution < -0.4 is 4.90 Å². The van der Waals surface area contributed by atoms with Crippen LogP contribution in [0.15, 0.2) is 59.5 Å². The van der Waals surface area contributed by atoms with Gasteiger partial charge in [0.15, 0.2) is 0 Å². The number of hydrogen-bond donors (Lipinski definition) is 0. The normalized spacial score (nSPS) is 18.0. The predicted molar refractivity (Wildman–Crippen MR) is 136 cm³/mol. The second-order valence-electron chi connectivity index (χ2n) is 7.66. The third-order valence-electron chi connectivity index (χ3n) is 5.59. The van der Waals surface area contributed by atoms with Crippen molar-refractivity contribution in [2.75, 3.05) is 37.6 Å². The van der Waals surface area contributed by atoms with E-state index in [-0.39, 0.29) is 11.8 Å². The number of amides is 2. The number of thiocarbonyl (C=S) groups is 1. The summed E-state index contributed by atoms with van der Waals surface area (Å²) in [6, 6.07) is 17.7. The molecule has 0 aliphatic carbocycles. The maximum absolute atomic E-state index is 12.8. The van der Waals surface area contributed by atoms with E-state index in [4.69, 9.17) is 23.8 Å². The fraction of sp³-hybridized carbons (Fsp3) is 0.292. The number of hydrogen-bond acceptors (Lipinski definition) is 5. The van der Waals surface area contributed by atoms with Gasteiger partial charge in [-0.25, -0.2) is 0 Å². The molecule has 2 fully saturated rings. The van der Waals surface area contributed by atoms with E-state index in [9.17, 15) is 9.59 Å². The molecule has 166 valence electrons. The van der Waals surface area contributed by atoms with Crippen LogP contribution in [0.25, 0.3) is 6.08 Å². The highest BCUT2D eigenvalue weighted by Gasteiger charge is 2.32. The summed E-state index contributed by atoms with van der Waals surface area (Å²) in [7, 11) is 0. The number of piperazine rings is 1. The molecule has 2 saturated heterocycles. The fourth-order valence-corrected chi connectivity index (χ4v) is 5.32. The van der Waals surface area contributed by atoms with Crippen LogP contribution in [0.2, 0.25) is 5.02 Å². The molecule has 0 atom stereocenters. The van der Waals surface area contributed by atoms with E-state index in [2.05, 4.69) is 17.0 Å². The molecule has 8 heteroatoms. The van der Waals surface area contributed by atoms with Crippen molar-refractivity contribution in [1.82, 2.24) is 9.80 Å². The molecule has 0 bridgehead atoms. The van der Waals surface area contributed by atoms with E-state index in [0.717, 1.165) is 31.7 Å². The topological polar surface area (TPSA) is 43.9 Å². The molecular weight excluding hydrogens is 462 g/mol. The monoisotopic (exact) mass is 485 g/mol. The number of rotatable bonds is 6. The summed E-state index contributed by atoms with van der Waals surface area (Å²) in [6.45, 7) is 3.54. The highest BCUT2D eigenvalue weighted by Crippen LogP contribution is 2.33. The third-order valence-corrected chi connectivity index (χ3v) is 7.31. The van der Waals surface area contributed by atoms with Gasteiger partial charge in [0, 0.05) is 49.9 Å². The Bertz CT molecular complexity index is 1040. The van der Waals surface area contributed by atoms with Crippen molar-refractivity contribution in [1.29, 1.82) is 0 Å². The first-order chi connectivity index (χ1) is 15.5. The molecule has 0 spiro atoms. The Labute approximate surface area is 203 Å². The van der Waals surface area contributed by atoms with Gasteiger partial charge in [0.1, 0.15) is 4.32 Å². The van der Waals surface area contributed by atoms with Crippen LogP contribution in [0, 0.1) is 0 Å². The van der Waals surface area contributed by atoms with Crippen molar-refractivity contribution in [2.24, 2.45) is 0 Å². The summed E-state index contributed by atoms with van der Waals surface area (Å²) >= 11 is 12.9. The van der Waals surface area contributed by atoms with Gasteiger partial charge in [0.25, 0.3) is 5.91 Å². The zero-order chi connectivity index (χ0) is 22.5. The highest BCUT2D eigenvalue weighted by molar-refractivity contribution is 8.26. The van der Waals surface area contributed by atoms with Gasteiger partial charge < -0.3 is 9.80 Å². The summed E-state index contributed by atoms with van der Waals surface area (Å²) in [6.07, 6.45) is 2.77. The summed E-state index contributed by atoms with van der Waals surface area (Å²) < 4.78 is 0.525. The average molecular weight is 486 g/mol. The molecule has 2 amide bonds. The molecule has 0 N–H and O–H groups in total. The van der Waals surface area contributed by atoms with E-state index < -0.39 is 0 Å². The molecular formula is C24H24ClN3O2S2. The molecule has 32 heavy (non-hydrogen) atoms. The van der Waals surface area contributed by atoms with Crippen LogP contribution in [0.4, 0.5) is 5.69 Å². The zero-order valence-corrected chi connectivity index (χ0v) is 20.0. The molecule has 2 heterocycles. The van der Waals surface area contributed by atoms with Gasteiger partial charge in [-0.15, -0.1) is 0 Å². The Morgan fingerprint density at radius 3 is 2.44 bits per heavy atom. The van der Waals surface area contributed by atoms with Crippen LogP contribution in [-0.4, -0.2) is 58.7 Å². The summed E-state index contributed by atoms with van der Waals surface area (Å²) in [4.78, 5) is 31.8. The number of halogens is 1. The largest absolute Gasteiger partial charge is 0.368 e. The van der Waals surface area contributed by atoms with Crippen LogP contribution in [-0.2, 0) is 9.59 Å². The minimum atomic E-state index is -0.121. The molecule has 0 saturated carbocycles. The van der Waals surface area contributed by atoms with E-state index in [1.54, 1.807) is 17.0 Å². The number of para-hydroxylation sites is 1. The van der Waals surface area contributed by atoms with E-state index >= 15 is 0 Å². The van der Waals surface area contributed by atoms with Gasteiger partial charge in [-0.2, -0.15) is 0 Å². The first-order valence-corrected chi connectivity index (χ1v) is 12.2. The summed E-state index contributed by atoms with van der Waals surface area (Å²) in [5, 5.41) is 0.593. The second kappa shape index (κ2) is 10.5. The predicted octanol–water partition coefficient (Wildman–Crippen LogP) is 4.67. The van der Waals surface area contributed by atoms with Crippen molar-refractivity contribution in [2.45, 2.75) is 12.8 Å². The van der Waals surface area contributed by atoms with Crippen molar-refractivity contribution in [3.63, 3.8) is 0 Å². The Kier molecular flexibility index (Phi) is 7.50. The minimum absolute atomic E-state index is 0.121. The zero-order valence-electron chi connectivity index (χ0n) is 17.6. The molecule has 2 aromatic rings. The standard InChI is InChI=1S/C24H24ClN3O2S2/c25-20-10-5-4-7-18(20)17-21-23(30)28(24(31)32-21)12-6-11-22(29)27-15-13-26(14-16-27)19-8-2-1-3-9-19/h1-5,7-10,17H,6,11-16H2/b21-17+. The smallest absolute Gasteiger partial charge is 0.266 e. The van der Waals surface area contributed by atoms with Gasteiger partial charge in [0.05, 0.1) is 4.91 Å². The van der Waals surface area contributed by atoms with E-state index in [1.165, 1.54) is 17.4 Å². The molecule has 0 radical (unpaired) electrons. The minimum Gasteiger partial charge on any atom is -0.368 e. The van der Waals surface area contributed by atoms with Gasteiger partial charge in [-0.05, 0) is 36.3 Å². The number of nitrogens with zero attached hydrogens (tertiary/aromatic N) is 3. The lowest BCUT2D eigenvalue weighted by atomic mass is 10.2. The Hall–Kier alpha value is -2.35. The lowest BCUT2D eigenvalue weighted by Crippen LogP contribution is -2.48. The Morgan fingerprint density at radius 2 is 1.72 bits per heavy atom. The molecule has 2 aliphatic rings. The van der Waals surface area contributed by atoms with Crippen molar-refractivity contribution in [3.8, 4) is 0 Å². The number of thioether (sulfide) groups is 1. The van der Waals surface area contributed by atoms with Crippen LogP contribution in [0.3, 0.4) is 0 Å². The number of carbonyl (C=O) groups excluding carboxylic acids is 2. The fourth-order valence-electron chi connectivity index (χ4n) is 3.83. The first kappa shape index (κ1) is 22.8. The Morgan fingerprint density at radius 1 is 1.03 bits per heavy atom. The molecule has 4 rings (SSSR count). The number of carbonyl (C=O) groups is 2. The molecule has 0 unspecified atom stereocenters. The van der Waals surface area contributed by atoms with Crippen molar-refractivity contribution < 1.29 is 9.59 Å². The summed E-state index contributed by atoms with van der Waals surface area (Å²) in [5.74, 6) is 0.0126. The average Bonchev–Trinajstić information content (AvgIpc) is 3.08. The summed E-state index contributed by atoms with van der Waals surface area (Å²) in [5.41, 5.74) is 1.98. The number of anilines is 1. The van der Waals surface area contributed by atoms with E-state index in [0.29, 0.717) is 33.6 Å². The maximum atomic E-state index is 12.8. The maximum Gasteiger partial charge on any atom is 0.266 e. The quantitative estimate of drug-likeness (QED) is 0.439. The third kappa shape index (κ3) is 5.34. The van der Waals surface area contributed by atoms with Gasteiger partial charge in [-0.3, -0.25) is 14.5 Å². The van der Waals surface area contributed by atoms with Crippen molar-refractivity contribution >= 4 is 63.5 Å². The molecule has 2 aliphatic heterocycles. The van der Waals surface area contributed by atoms with Crippen LogP contribution >= 0.6 is 35.6 Å². The van der Waals surface area contributed by atoms with Gasteiger partial charge in [0.2, 0.25) is 5.91 Å². The van der Waals surface area contributed by atoms with Crippen LogP contribution in [0.1, 0.15) is 18.4 Å². The van der Waals surface area contributed by atoms with E-state index in [1.807, 2.05) is 41.3 Å².